The standard InChI is InChI=1S/C13H13BrFNO2S2/c1-9(10-5-3-4-6-12(10)15)16(2)20(17,18)13-11(14)7-8-19-13/h3-9H,1-2H3. The summed E-state index contributed by atoms with van der Waals surface area (Å²) in [6.45, 7) is 1.66. The summed E-state index contributed by atoms with van der Waals surface area (Å²) in [5, 5.41) is 1.69. The number of halogens is 2. The molecule has 0 aliphatic carbocycles. The average molecular weight is 378 g/mol. The molecule has 1 unspecified atom stereocenters. The number of hydrogen-bond acceptors (Lipinski definition) is 3. The van der Waals surface area contributed by atoms with E-state index in [0.29, 0.717) is 10.0 Å². The number of benzene rings is 1. The van der Waals surface area contributed by atoms with Gasteiger partial charge in [0, 0.05) is 23.1 Å². The molecule has 20 heavy (non-hydrogen) atoms. The van der Waals surface area contributed by atoms with Crippen molar-refractivity contribution in [1.82, 2.24) is 4.31 Å². The summed E-state index contributed by atoms with van der Waals surface area (Å²) in [5.74, 6) is -0.410. The molecular weight excluding hydrogens is 365 g/mol. The molecule has 2 aromatic rings. The van der Waals surface area contributed by atoms with Crippen molar-refractivity contribution in [3.8, 4) is 0 Å². The van der Waals surface area contributed by atoms with E-state index in [4.69, 9.17) is 0 Å². The molecule has 0 N–H and O–H groups in total. The summed E-state index contributed by atoms with van der Waals surface area (Å²) in [6, 6.07) is 7.28. The minimum Gasteiger partial charge on any atom is -0.207 e. The summed E-state index contributed by atoms with van der Waals surface area (Å²) in [7, 11) is -2.20. The van der Waals surface area contributed by atoms with Crippen LogP contribution in [0.5, 0.6) is 0 Å². The van der Waals surface area contributed by atoms with E-state index in [1.807, 2.05) is 0 Å². The molecular formula is C13H13BrFNO2S2. The van der Waals surface area contributed by atoms with Gasteiger partial charge in [-0.2, -0.15) is 4.31 Å². The lowest BCUT2D eigenvalue weighted by Gasteiger charge is -2.24. The molecule has 1 heterocycles. The predicted molar refractivity (Wildman–Crippen MR) is 81.8 cm³/mol. The number of nitrogens with zero attached hydrogens (tertiary/aromatic N) is 1. The summed E-state index contributed by atoms with van der Waals surface area (Å²) in [5.41, 5.74) is 0.353. The van der Waals surface area contributed by atoms with Gasteiger partial charge in [-0.05, 0) is 40.4 Å². The van der Waals surface area contributed by atoms with Gasteiger partial charge in [0.15, 0.2) is 0 Å². The lowest BCUT2D eigenvalue weighted by Crippen LogP contribution is -2.30. The van der Waals surface area contributed by atoms with Gasteiger partial charge in [-0.1, -0.05) is 18.2 Å². The van der Waals surface area contributed by atoms with Crippen LogP contribution in [-0.4, -0.2) is 19.8 Å². The summed E-state index contributed by atoms with van der Waals surface area (Å²) >= 11 is 4.35. The Kier molecular flexibility index (Phi) is 4.63. The second kappa shape index (κ2) is 5.93. The van der Waals surface area contributed by atoms with Crippen molar-refractivity contribution < 1.29 is 12.8 Å². The van der Waals surface area contributed by atoms with Gasteiger partial charge < -0.3 is 0 Å². The third kappa shape index (κ3) is 2.81. The van der Waals surface area contributed by atoms with Crippen LogP contribution in [0.25, 0.3) is 0 Å². The van der Waals surface area contributed by atoms with Crippen molar-refractivity contribution in [2.75, 3.05) is 7.05 Å². The van der Waals surface area contributed by atoms with Gasteiger partial charge >= 0.3 is 0 Å². The third-order valence-corrected chi connectivity index (χ3v) is 7.67. The number of sulfonamides is 1. The number of rotatable bonds is 4. The van der Waals surface area contributed by atoms with E-state index in [2.05, 4.69) is 15.9 Å². The first-order valence-electron chi connectivity index (χ1n) is 5.81. The second-order valence-electron chi connectivity index (χ2n) is 4.27. The van der Waals surface area contributed by atoms with E-state index < -0.39 is 21.9 Å². The molecule has 1 atom stereocenters. The molecule has 0 spiro atoms. The van der Waals surface area contributed by atoms with Crippen LogP contribution in [0, 0.1) is 5.82 Å². The van der Waals surface area contributed by atoms with E-state index in [9.17, 15) is 12.8 Å². The monoisotopic (exact) mass is 377 g/mol. The lowest BCUT2D eigenvalue weighted by atomic mass is 10.1. The Balaban J connectivity index is 2.39. The van der Waals surface area contributed by atoms with Crippen molar-refractivity contribution in [2.24, 2.45) is 0 Å². The van der Waals surface area contributed by atoms with Crippen LogP contribution >= 0.6 is 27.3 Å². The zero-order chi connectivity index (χ0) is 14.9. The van der Waals surface area contributed by atoms with Crippen LogP contribution in [0.4, 0.5) is 4.39 Å². The van der Waals surface area contributed by atoms with Gasteiger partial charge in [0.25, 0.3) is 10.0 Å². The molecule has 108 valence electrons. The van der Waals surface area contributed by atoms with Gasteiger partial charge in [0.1, 0.15) is 10.0 Å². The fourth-order valence-corrected chi connectivity index (χ4v) is 5.63. The molecule has 0 saturated carbocycles. The highest BCUT2D eigenvalue weighted by Gasteiger charge is 2.30. The smallest absolute Gasteiger partial charge is 0.207 e. The maximum absolute atomic E-state index is 13.8. The molecule has 3 nitrogen and oxygen atoms in total. The lowest BCUT2D eigenvalue weighted by molar-refractivity contribution is 0.388. The summed E-state index contributed by atoms with van der Waals surface area (Å²) in [6.07, 6.45) is 0. The van der Waals surface area contributed by atoms with Gasteiger partial charge in [0.2, 0.25) is 0 Å². The van der Waals surface area contributed by atoms with Crippen LogP contribution in [-0.2, 0) is 10.0 Å². The molecule has 7 heteroatoms. The second-order valence-corrected chi connectivity index (χ2v) is 8.24. The van der Waals surface area contributed by atoms with Crippen molar-refractivity contribution in [2.45, 2.75) is 17.2 Å². The summed E-state index contributed by atoms with van der Waals surface area (Å²) < 4.78 is 40.8. The van der Waals surface area contributed by atoms with Crippen molar-refractivity contribution >= 4 is 37.3 Å². The van der Waals surface area contributed by atoms with E-state index in [1.54, 1.807) is 36.6 Å². The van der Waals surface area contributed by atoms with Crippen LogP contribution < -0.4 is 0 Å². The van der Waals surface area contributed by atoms with E-state index in [0.717, 1.165) is 11.3 Å². The van der Waals surface area contributed by atoms with Gasteiger partial charge in [-0.15, -0.1) is 11.3 Å². The largest absolute Gasteiger partial charge is 0.253 e. The highest BCUT2D eigenvalue weighted by molar-refractivity contribution is 9.10. The first-order chi connectivity index (χ1) is 9.35. The normalized spacial score (nSPS) is 13.7. The van der Waals surface area contributed by atoms with Crippen molar-refractivity contribution in [3.05, 3.63) is 51.6 Å². The Labute approximate surface area is 130 Å². The molecule has 2 rings (SSSR count). The molecule has 0 radical (unpaired) electrons. The minimum absolute atomic E-state index is 0.225. The molecule has 0 aliphatic heterocycles. The quantitative estimate of drug-likeness (QED) is 0.806. The first kappa shape index (κ1) is 15.6. The van der Waals surface area contributed by atoms with Gasteiger partial charge in [-0.3, -0.25) is 0 Å². The van der Waals surface area contributed by atoms with Crippen molar-refractivity contribution in [1.29, 1.82) is 0 Å². The average Bonchev–Trinajstić information content (AvgIpc) is 2.84. The highest BCUT2D eigenvalue weighted by atomic mass is 79.9. The van der Waals surface area contributed by atoms with E-state index in [1.165, 1.54) is 17.4 Å². The zero-order valence-electron chi connectivity index (χ0n) is 10.9. The molecule has 0 aliphatic rings. The van der Waals surface area contributed by atoms with Crippen LogP contribution in [0.15, 0.2) is 44.4 Å². The number of thiophene rings is 1. The Bertz CT molecular complexity index is 715. The fraction of sp³-hybridized carbons (Fsp3) is 0.231. The molecule has 1 aromatic carbocycles. The van der Waals surface area contributed by atoms with E-state index in [-0.39, 0.29) is 4.21 Å². The molecule has 0 amide bonds. The molecule has 0 saturated heterocycles. The van der Waals surface area contributed by atoms with E-state index >= 15 is 0 Å². The molecule has 1 aromatic heterocycles. The Morgan fingerprint density at radius 3 is 2.50 bits per heavy atom. The minimum atomic E-state index is -3.65. The highest BCUT2D eigenvalue weighted by Crippen LogP contribution is 2.33. The maximum atomic E-state index is 13.8. The van der Waals surface area contributed by atoms with Gasteiger partial charge in [-0.25, -0.2) is 12.8 Å². The summed E-state index contributed by atoms with van der Waals surface area (Å²) in [4.78, 5) is 0. The van der Waals surface area contributed by atoms with Crippen LogP contribution in [0.1, 0.15) is 18.5 Å². The third-order valence-electron chi connectivity index (χ3n) is 3.10. The van der Waals surface area contributed by atoms with Crippen LogP contribution in [0.2, 0.25) is 0 Å². The first-order valence-corrected chi connectivity index (χ1v) is 8.92. The van der Waals surface area contributed by atoms with Crippen LogP contribution in [0.3, 0.4) is 0 Å². The topological polar surface area (TPSA) is 37.4 Å². The predicted octanol–water partition coefficient (Wildman–Crippen LogP) is 4.03. The SMILES string of the molecule is CC(c1ccccc1F)N(C)S(=O)(=O)c1sccc1Br. The number of hydrogen-bond donors (Lipinski definition) is 0. The fourth-order valence-electron chi connectivity index (χ4n) is 1.81. The Morgan fingerprint density at radius 2 is 1.95 bits per heavy atom. The maximum Gasteiger partial charge on any atom is 0.253 e. The molecule has 0 bridgehead atoms. The Morgan fingerprint density at radius 1 is 1.30 bits per heavy atom. The van der Waals surface area contributed by atoms with Crippen molar-refractivity contribution in [3.63, 3.8) is 0 Å². The van der Waals surface area contributed by atoms with Gasteiger partial charge in [0.05, 0.1) is 0 Å². The Hall–Kier alpha value is -0.760. The zero-order valence-corrected chi connectivity index (χ0v) is 14.1. The molecule has 0 fully saturated rings.